The van der Waals surface area contributed by atoms with E-state index in [2.05, 4.69) is 20.6 Å². The molecule has 0 aliphatic carbocycles. The predicted molar refractivity (Wildman–Crippen MR) is 110 cm³/mol. The molecule has 3 rings (SSSR count). The van der Waals surface area contributed by atoms with Gasteiger partial charge in [0.1, 0.15) is 23.6 Å². The third-order valence-corrected chi connectivity index (χ3v) is 4.36. The Morgan fingerprint density at radius 3 is 2.64 bits per heavy atom. The van der Waals surface area contributed by atoms with Gasteiger partial charge in [-0.2, -0.15) is 0 Å². The van der Waals surface area contributed by atoms with Crippen molar-refractivity contribution in [2.75, 3.05) is 19.0 Å². The highest BCUT2D eigenvalue weighted by atomic mass is 35.5. The minimum Gasteiger partial charge on any atom is -0.497 e. The topological polar surface area (TPSA) is 76.1 Å². The molecule has 28 heavy (non-hydrogen) atoms. The van der Waals surface area contributed by atoms with Crippen molar-refractivity contribution >= 4 is 23.3 Å². The van der Waals surface area contributed by atoms with E-state index in [1.165, 1.54) is 6.33 Å². The number of carbonyl (C=O) groups excluding carboxylic acids is 1. The molecule has 2 aromatic carbocycles. The molecule has 0 aliphatic heterocycles. The van der Waals surface area contributed by atoms with Crippen LogP contribution in [0.3, 0.4) is 0 Å². The molecule has 1 aromatic heterocycles. The minimum absolute atomic E-state index is 0.239. The summed E-state index contributed by atoms with van der Waals surface area (Å²) in [5.41, 5.74) is 2.46. The fourth-order valence-corrected chi connectivity index (χ4v) is 2.83. The molecule has 0 bridgehead atoms. The highest BCUT2D eigenvalue weighted by Gasteiger charge is 2.08. The zero-order valence-electron chi connectivity index (χ0n) is 15.5. The number of amides is 1. The molecule has 0 atom stereocenters. The number of halogens is 1. The fourth-order valence-electron chi connectivity index (χ4n) is 2.62. The van der Waals surface area contributed by atoms with Crippen molar-refractivity contribution in [3.63, 3.8) is 0 Å². The summed E-state index contributed by atoms with van der Waals surface area (Å²) in [7, 11) is 1.63. The lowest BCUT2D eigenvalue weighted by Crippen LogP contribution is -2.26. The van der Waals surface area contributed by atoms with Crippen LogP contribution in [0.2, 0.25) is 5.02 Å². The van der Waals surface area contributed by atoms with Gasteiger partial charge in [0.25, 0.3) is 5.91 Å². The second-order valence-corrected chi connectivity index (χ2v) is 6.56. The summed E-state index contributed by atoms with van der Waals surface area (Å²) in [5.74, 6) is 1.16. The van der Waals surface area contributed by atoms with E-state index in [0.29, 0.717) is 36.0 Å². The first kappa shape index (κ1) is 19.6. The number of anilines is 1. The van der Waals surface area contributed by atoms with Crippen molar-refractivity contribution in [2.45, 2.75) is 13.0 Å². The Balaban J connectivity index is 1.52. The van der Waals surface area contributed by atoms with E-state index in [-0.39, 0.29) is 5.91 Å². The Labute approximate surface area is 168 Å². The van der Waals surface area contributed by atoms with E-state index in [0.717, 1.165) is 16.9 Å². The summed E-state index contributed by atoms with van der Waals surface area (Å²) in [4.78, 5) is 20.6. The van der Waals surface area contributed by atoms with Crippen LogP contribution in [0.1, 0.15) is 21.6 Å². The van der Waals surface area contributed by atoms with Crippen LogP contribution >= 0.6 is 11.6 Å². The number of ether oxygens (including phenoxy) is 1. The Kier molecular flexibility index (Phi) is 6.81. The van der Waals surface area contributed by atoms with Gasteiger partial charge in [-0.3, -0.25) is 4.79 Å². The number of carbonyl (C=O) groups is 1. The van der Waals surface area contributed by atoms with Gasteiger partial charge in [-0.1, -0.05) is 35.9 Å². The van der Waals surface area contributed by atoms with Gasteiger partial charge in [0.2, 0.25) is 0 Å². The molecule has 0 unspecified atom stereocenters. The predicted octanol–water partition coefficient (Wildman–Crippen LogP) is 3.72. The largest absolute Gasteiger partial charge is 0.497 e. The van der Waals surface area contributed by atoms with Gasteiger partial charge >= 0.3 is 0 Å². The molecule has 144 valence electrons. The monoisotopic (exact) mass is 396 g/mol. The lowest BCUT2D eigenvalue weighted by Gasteiger charge is -2.08. The van der Waals surface area contributed by atoms with Crippen molar-refractivity contribution < 1.29 is 9.53 Å². The van der Waals surface area contributed by atoms with Crippen molar-refractivity contribution in [2.24, 2.45) is 0 Å². The lowest BCUT2D eigenvalue weighted by molar-refractivity contribution is 0.0949. The summed E-state index contributed by atoms with van der Waals surface area (Å²) in [6.45, 7) is 1.08. The van der Waals surface area contributed by atoms with Gasteiger partial charge in [-0.15, -0.1) is 0 Å². The molecule has 0 saturated heterocycles. The second kappa shape index (κ2) is 9.71. The molecule has 1 heterocycles. The van der Waals surface area contributed by atoms with Crippen molar-refractivity contribution in [1.29, 1.82) is 0 Å². The molecule has 7 heteroatoms. The molecule has 0 aliphatic rings. The van der Waals surface area contributed by atoms with Crippen LogP contribution in [0, 0.1) is 0 Å². The zero-order valence-corrected chi connectivity index (χ0v) is 16.2. The maximum Gasteiger partial charge on any atom is 0.270 e. The first-order valence-electron chi connectivity index (χ1n) is 8.85. The Bertz CT molecular complexity index is 932. The number of methoxy groups -OCH3 is 1. The number of rotatable bonds is 8. The van der Waals surface area contributed by atoms with Crippen LogP contribution in [0.5, 0.6) is 5.75 Å². The van der Waals surface area contributed by atoms with E-state index in [1.54, 1.807) is 13.2 Å². The van der Waals surface area contributed by atoms with Gasteiger partial charge in [0, 0.05) is 24.2 Å². The highest BCUT2D eigenvalue weighted by molar-refractivity contribution is 6.30. The fraction of sp³-hybridized carbons (Fsp3) is 0.190. The van der Waals surface area contributed by atoms with Crippen molar-refractivity contribution in [3.8, 4) is 5.75 Å². The number of nitrogens with zero attached hydrogens (tertiary/aromatic N) is 2. The van der Waals surface area contributed by atoms with Gasteiger partial charge in [-0.05, 0) is 41.8 Å². The number of nitrogens with one attached hydrogen (secondary N) is 2. The third-order valence-electron chi connectivity index (χ3n) is 4.12. The van der Waals surface area contributed by atoms with Gasteiger partial charge in [0.15, 0.2) is 0 Å². The SMILES string of the molecule is COc1ccc(CNc2cc(C(=O)NCCc3cccc(Cl)c3)ncn2)cc1. The van der Waals surface area contributed by atoms with Crippen LogP contribution in [0.15, 0.2) is 60.9 Å². The van der Waals surface area contributed by atoms with Crippen molar-refractivity contribution in [3.05, 3.63) is 82.8 Å². The molecule has 2 N–H and O–H groups in total. The molecular formula is C21H21ClN4O2. The van der Waals surface area contributed by atoms with Gasteiger partial charge < -0.3 is 15.4 Å². The minimum atomic E-state index is -0.239. The zero-order chi connectivity index (χ0) is 19.8. The summed E-state index contributed by atoms with van der Waals surface area (Å²) in [6.07, 6.45) is 2.07. The van der Waals surface area contributed by atoms with Crippen LogP contribution in [-0.4, -0.2) is 29.5 Å². The summed E-state index contributed by atoms with van der Waals surface area (Å²) < 4.78 is 5.15. The molecule has 6 nitrogen and oxygen atoms in total. The Hall–Kier alpha value is -3.12. The molecular weight excluding hydrogens is 376 g/mol. The average Bonchev–Trinajstić information content (AvgIpc) is 2.73. The van der Waals surface area contributed by atoms with Gasteiger partial charge in [0.05, 0.1) is 7.11 Å². The summed E-state index contributed by atoms with van der Waals surface area (Å²) in [6, 6.07) is 17.0. The maximum atomic E-state index is 12.3. The first-order valence-corrected chi connectivity index (χ1v) is 9.23. The van der Waals surface area contributed by atoms with Crippen LogP contribution in [0.25, 0.3) is 0 Å². The number of benzene rings is 2. The third kappa shape index (κ3) is 5.69. The van der Waals surface area contributed by atoms with E-state index < -0.39 is 0 Å². The molecule has 3 aromatic rings. The lowest BCUT2D eigenvalue weighted by atomic mass is 10.1. The van der Waals surface area contributed by atoms with Gasteiger partial charge in [-0.25, -0.2) is 9.97 Å². The maximum absolute atomic E-state index is 12.3. The quantitative estimate of drug-likeness (QED) is 0.606. The van der Waals surface area contributed by atoms with Crippen LogP contribution < -0.4 is 15.4 Å². The van der Waals surface area contributed by atoms with E-state index in [1.807, 2.05) is 48.5 Å². The average molecular weight is 397 g/mol. The van der Waals surface area contributed by atoms with Crippen molar-refractivity contribution in [1.82, 2.24) is 15.3 Å². The standard InChI is InChI=1S/C21H21ClN4O2/c1-28-18-7-5-16(6-8-18)13-24-20-12-19(25-14-26-20)21(27)23-10-9-15-3-2-4-17(22)11-15/h2-8,11-12,14H,9-10,13H2,1H3,(H,23,27)(H,24,25,26). The number of hydrogen-bond donors (Lipinski definition) is 2. The summed E-state index contributed by atoms with van der Waals surface area (Å²) >= 11 is 5.97. The number of hydrogen-bond acceptors (Lipinski definition) is 5. The molecule has 0 spiro atoms. The van der Waals surface area contributed by atoms with E-state index in [4.69, 9.17) is 16.3 Å². The second-order valence-electron chi connectivity index (χ2n) is 6.13. The Morgan fingerprint density at radius 1 is 1.07 bits per heavy atom. The van der Waals surface area contributed by atoms with Crippen LogP contribution in [0.4, 0.5) is 5.82 Å². The normalized spacial score (nSPS) is 10.4. The van der Waals surface area contributed by atoms with Crippen LogP contribution in [-0.2, 0) is 13.0 Å². The highest BCUT2D eigenvalue weighted by Crippen LogP contribution is 2.13. The molecule has 1 amide bonds. The summed E-state index contributed by atoms with van der Waals surface area (Å²) in [5, 5.41) is 6.75. The molecule has 0 fully saturated rings. The smallest absolute Gasteiger partial charge is 0.270 e. The molecule has 0 radical (unpaired) electrons. The van der Waals surface area contributed by atoms with E-state index >= 15 is 0 Å². The number of aromatic nitrogens is 2. The van der Waals surface area contributed by atoms with E-state index in [9.17, 15) is 4.79 Å². The molecule has 0 saturated carbocycles. The first-order chi connectivity index (χ1) is 13.6. The Morgan fingerprint density at radius 2 is 1.89 bits per heavy atom.